The lowest BCUT2D eigenvalue weighted by atomic mass is 10.0. The van der Waals surface area contributed by atoms with Crippen LogP contribution in [0, 0.1) is 5.82 Å². The van der Waals surface area contributed by atoms with Gasteiger partial charge in [-0.2, -0.15) is 5.10 Å². The lowest BCUT2D eigenvalue weighted by molar-refractivity contribution is 0.578. The fourth-order valence-corrected chi connectivity index (χ4v) is 4.37. The monoisotopic (exact) mass is 413 g/mol. The molecule has 5 aromatic rings. The molecule has 0 bridgehead atoms. The van der Waals surface area contributed by atoms with Gasteiger partial charge in [-0.05, 0) is 37.5 Å². The first-order chi connectivity index (χ1) is 15.3. The van der Waals surface area contributed by atoms with E-state index in [1.54, 1.807) is 30.7 Å². The summed E-state index contributed by atoms with van der Waals surface area (Å²) in [6.07, 6.45) is 8.78. The Hall–Kier alpha value is -3.81. The number of halogens is 1. The van der Waals surface area contributed by atoms with Gasteiger partial charge in [0.05, 0.1) is 11.2 Å². The number of hydrogen-bond donors (Lipinski definition) is 2. The first kappa shape index (κ1) is 18.0. The highest BCUT2D eigenvalue weighted by molar-refractivity contribution is 5.96. The zero-order chi connectivity index (χ0) is 20.8. The van der Waals surface area contributed by atoms with Crippen LogP contribution in [0.4, 0.5) is 10.1 Å². The summed E-state index contributed by atoms with van der Waals surface area (Å²) >= 11 is 0. The lowest BCUT2D eigenvalue weighted by Gasteiger charge is -2.28. The van der Waals surface area contributed by atoms with E-state index in [1.165, 1.54) is 25.3 Å². The Morgan fingerprint density at radius 1 is 1.03 bits per heavy atom. The molecule has 1 saturated heterocycles. The van der Waals surface area contributed by atoms with Crippen molar-refractivity contribution < 1.29 is 4.39 Å². The predicted molar refractivity (Wildman–Crippen MR) is 118 cm³/mol. The number of hydrogen-bond acceptors (Lipinski definition) is 5. The van der Waals surface area contributed by atoms with Crippen molar-refractivity contribution in [3.63, 3.8) is 0 Å². The molecule has 7 nitrogen and oxygen atoms in total. The normalized spacial score (nSPS) is 14.5. The minimum atomic E-state index is -0.325. The maximum absolute atomic E-state index is 14.7. The number of anilines is 1. The Labute approximate surface area is 177 Å². The number of H-pyrrole nitrogens is 2. The van der Waals surface area contributed by atoms with Crippen LogP contribution in [0.5, 0.6) is 0 Å². The van der Waals surface area contributed by atoms with Gasteiger partial charge in [0, 0.05) is 54.3 Å². The summed E-state index contributed by atoms with van der Waals surface area (Å²) in [7, 11) is 0. The first-order valence-corrected chi connectivity index (χ1v) is 10.5. The van der Waals surface area contributed by atoms with Crippen molar-refractivity contribution in [3.8, 4) is 22.6 Å². The van der Waals surface area contributed by atoms with Crippen molar-refractivity contribution in [2.45, 2.75) is 19.3 Å². The molecule has 0 atom stereocenters. The zero-order valence-corrected chi connectivity index (χ0v) is 16.8. The van der Waals surface area contributed by atoms with E-state index in [9.17, 15) is 4.39 Å². The molecule has 0 saturated carbocycles. The van der Waals surface area contributed by atoms with Gasteiger partial charge in [-0.25, -0.2) is 14.4 Å². The molecule has 1 fully saturated rings. The number of rotatable bonds is 3. The van der Waals surface area contributed by atoms with Crippen LogP contribution in [-0.4, -0.2) is 43.2 Å². The molecule has 2 N–H and O–H groups in total. The van der Waals surface area contributed by atoms with Crippen molar-refractivity contribution >= 4 is 27.8 Å². The molecule has 154 valence electrons. The number of aromatic nitrogens is 6. The molecule has 8 heteroatoms. The maximum atomic E-state index is 14.7. The summed E-state index contributed by atoms with van der Waals surface area (Å²) in [4.78, 5) is 19.1. The van der Waals surface area contributed by atoms with Crippen LogP contribution in [0.15, 0.2) is 48.9 Å². The minimum Gasteiger partial charge on any atom is -0.370 e. The molecule has 1 aliphatic heterocycles. The molecular formula is C23H20FN7. The van der Waals surface area contributed by atoms with Crippen LogP contribution < -0.4 is 4.90 Å². The standard InChI is InChI=1S/C23H20FN7/c24-17-12-18-16(11-15(17)14-5-4-7-25-13-14)20(30-29-18)23-27-21-19(6-8-26-22(21)28-23)31-9-2-1-3-10-31/h4-8,11-13H,1-3,9-10H2,(H,29,30)(H,26,27,28). The fraction of sp³-hybridized carbons (Fsp3) is 0.217. The fourth-order valence-electron chi connectivity index (χ4n) is 4.37. The first-order valence-electron chi connectivity index (χ1n) is 10.5. The maximum Gasteiger partial charge on any atom is 0.180 e. The van der Waals surface area contributed by atoms with Gasteiger partial charge < -0.3 is 9.88 Å². The van der Waals surface area contributed by atoms with Gasteiger partial charge in [-0.1, -0.05) is 6.07 Å². The van der Waals surface area contributed by atoms with E-state index in [-0.39, 0.29) is 5.82 Å². The van der Waals surface area contributed by atoms with Crippen molar-refractivity contribution in [2.75, 3.05) is 18.0 Å². The highest BCUT2D eigenvalue weighted by Gasteiger charge is 2.20. The average Bonchev–Trinajstić information content (AvgIpc) is 3.43. The molecule has 6 rings (SSSR count). The van der Waals surface area contributed by atoms with Crippen LogP contribution in [0.3, 0.4) is 0 Å². The highest BCUT2D eigenvalue weighted by Crippen LogP contribution is 2.33. The molecule has 0 spiro atoms. The van der Waals surface area contributed by atoms with Gasteiger partial charge >= 0.3 is 0 Å². The third-order valence-electron chi connectivity index (χ3n) is 5.91. The van der Waals surface area contributed by atoms with Crippen molar-refractivity contribution in [2.24, 2.45) is 0 Å². The second-order valence-corrected chi connectivity index (χ2v) is 7.85. The Kier molecular flexibility index (Phi) is 4.15. The van der Waals surface area contributed by atoms with E-state index in [0.717, 1.165) is 29.7 Å². The summed E-state index contributed by atoms with van der Waals surface area (Å²) in [5.74, 6) is 0.288. The Morgan fingerprint density at radius 2 is 1.94 bits per heavy atom. The van der Waals surface area contributed by atoms with Crippen LogP contribution in [-0.2, 0) is 0 Å². The van der Waals surface area contributed by atoms with Crippen molar-refractivity contribution in [3.05, 3.63) is 54.7 Å². The van der Waals surface area contributed by atoms with E-state index in [0.29, 0.717) is 33.8 Å². The number of fused-ring (bicyclic) bond motifs is 2. The molecular weight excluding hydrogens is 393 g/mol. The Bertz CT molecular complexity index is 1380. The van der Waals surface area contributed by atoms with Gasteiger partial charge in [0.25, 0.3) is 0 Å². The summed E-state index contributed by atoms with van der Waals surface area (Å²) in [5, 5.41) is 8.16. The molecule has 1 aliphatic rings. The minimum absolute atomic E-state index is 0.325. The molecule has 0 unspecified atom stereocenters. The quantitative estimate of drug-likeness (QED) is 0.448. The van der Waals surface area contributed by atoms with Crippen LogP contribution in [0.25, 0.3) is 44.7 Å². The van der Waals surface area contributed by atoms with Gasteiger partial charge in [-0.15, -0.1) is 0 Å². The molecule has 31 heavy (non-hydrogen) atoms. The zero-order valence-electron chi connectivity index (χ0n) is 16.8. The summed E-state index contributed by atoms with van der Waals surface area (Å²) in [6, 6.07) is 8.93. The second kappa shape index (κ2) is 7.16. The van der Waals surface area contributed by atoms with Gasteiger partial charge in [-0.3, -0.25) is 10.1 Å². The number of nitrogens with one attached hydrogen (secondary N) is 2. The molecule has 0 aliphatic carbocycles. The Balaban J connectivity index is 1.49. The lowest BCUT2D eigenvalue weighted by Crippen LogP contribution is -2.29. The third-order valence-corrected chi connectivity index (χ3v) is 5.91. The van der Waals surface area contributed by atoms with E-state index in [4.69, 9.17) is 4.98 Å². The molecule has 5 heterocycles. The Morgan fingerprint density at radius 3 is 2.77 bits per heavy atom. The van der Waals surface area contributed by atoms with Crippen LogP contribution in [0.1, 0.15) is 19.3 Å². The van der Waals surface area contributed by atoms with Crippen LogP contribution >= 0.6 is 0 Å². The van der Waals surface area contributed by atoms with E-state index >= 15 is 0 Å². The predicted octanol–water partition coefficient (Wildman–Crippen LogP) is 4.69. The van der Waals surface area contributed by atoms with Gasteiger partial charge in [0.15, 0.2) is 11.5 Å². The summed E-state index contributed by atoms with van der Waals surface area (Å²) in [5.41, 5.74) is 5.13. The number of nitrogens with zero attached hydrogens (tertiary/aromatic N) is 5. The molecule has 0 amide bonds. The highest BCUT2D eigenvalue weighted by atomic mass is 19.1. The van der Waals surface area contributed by atoms with Gasteiger partial charge in [0.2, 0.25) is 0 Å². The van der Waals surface area contributed by atoms with Crippen molar-refractivity contribution in [1.82, 2.24) is 30.1 Å². The van der Waals surface area contributed by atoms with Gasteiger partial charge in [0.1, 0.15) is 17.0 Å². The molecule has 1 aromatic carbocycles. The number of piperidine rings is 1. The van der Waals surface area contributed by atoms with E-state index in [2.05, 4.69) is 30.0 Å². The molecule has 4 aromatic heterocycles. The topological polar surface area (TPSA) is 86.4 Å². The average molecular weight is 413 g/mol. The summed E-state index contributed by atoms with van der Waals surface area (Å²) in [6.45, 7) is 2.07. The van der Waals surface area contributed by atoms with E-state index in [1.807, 2.05) is 12.1 Å². The number of pyridine rings is 2. The molecule has 0 radical (unpaired) electrons. The SMILES string of the molecule is Fc1cc2[nH]nc(-c3nc4nccc(N5CCCCC5)c4[nH]3)c2cc1-c1cccnc1. The summed E-state index contributed by atoms with van der Waals surface area (Å²) < 4.78 is 14.7. The van der Waals surface area contributed by atoms with Crippen molar-refractivity contribution in [1.29, 1.82) is 0 Å². The third kappa shape index (κ3) is 3.02. The smallest absolute Gasteiger partial charge is 0.180 e. The second-order valence-electron chi connectivity index (χ2n) is 7.85. The number of aromatic amines is 2. The number of benzene rings is 1. The largest absolute Gasteiger partial charge is 0.370 e. The number of imidazole rings is 1. The van der Waals surface area contributed by atoms with E-state index < -0.39 is 0 Å². The van der Waals surface area contributed by atoms with Crippen LogP contribution in [0.2, 0.25) is 0 Å².